The van der Waals surface area contributed by atoms with Gasteiger partial charge in [0.2, 0.25) is 0 Å². The molecule has 0 amide bonds. The quantitative estimate of drug-likeness (QED) is 0.733. The fraction of sp³-hybridized carbons (Fsp3) is 0.381. The average Bonchev–Trinajstić information content (AvgIpc) is 2.88. The Kier molecular flexibility index (Phi) is 4.30. The molecule has 2 aromatic carbocycles. The maximum absolute atomic E-state index is 13.1. The van der Waals surface area contributed by atoms with Crippen molar-refractivity contribution in [2.24, 2.45) is 5.41 Å². The molecule has 0 N–H and O–H groups in total. The van der Waals surface area contributed by atoms with Gasteiger partial charge < -0.3 is 9.47 Å². The number of rotatable bonds is 3. The van der Waals surface area contributed by atoms with Crippen molar-refractivity contribution in [2.75, 3.05) is 7.11 Å². The van der Waals surface area contributed by atoms with Crippen LogP contribution in [0.5, 0.6) is 11.5 Å². The van der Waals surface area contributed by atoms with Crippen molar-refractivity contribution in [3.05, 3.63) is 58.6 Å². The van der Waals surface area contributed by atoms with Crippen molar-refractivity contribution in [2.45, 2.75) is 38.2 Å². The molecule has 1 fully saturated rings. The number of hydrogen-bond donors (Lipinski definition) is 0. The van der Waals surface area contributed by atoms with Gasteiger partial charge in [0.1, 0.15) is 11.5 Å². The number of benzene rings is 2. The first-order chi connectivity index (χ1) is 12.1. The van der Waals surface area contributed by atoms with Crippen LogP contribution in [0.25, 0.3) is 0 Å². The molecule has 4 rings (SSSR count). The zero-order chi connectivity index (χ0) is 17.4. The van der Waals surface area contributed by atoms with Gasteiger partial charge in [-0.2, -0.15) is 0 Å². The number of ether oxygens (including phenoxy) is 2. The molecule has 0 atom stereocenters. The molecule has 1 saturated carbocycles. The number of ketones is 1. The van der Waals surface area contributed by atoms with Crippen molar-refractivity contribution >= 4 is 17.4 Å². The van der Waals surface area contributed by atoms with Crippen LogP contribution in [0.1, 0.15) is 41.6 Å². The van der Waals surface area contributed by atoms with Gasteiger partial charge in [0.15, 0.2) is 5.78 Å². The van der Waals surface area contributed by atoms with Crippen LogP contribution >= 0.6 is 11.6 Å². The monoisotopic (exact) mass is 356 g/mol. The van der Waals surface area contributed by atoms with E-state index in [9.17, 15) is 4.79 Å². The van der Waals surface area contributed by atoms with Crippen LogP contribution in [-0.2, 0) is 11.2 Å². The maximum atomic E-state index is 13.1. The first kappa shape index (κ1) is 16.6. The highest BCUT2D eigenvalue weighted by atomic mass is 35.5. The van der Waals surface area contributed by atoms with Gasteiger partial charge in [0.25, 0.3) is 0 Å². The molecule has 4 heteroatoms. The third-order valence-electron chi connectivity index (χ3n) is 5.59. The average molecular weight is 357 g/mol. The zero-order valence-electron chi connectivity index (χ0n) is 14.3. The van der Waals surface area contributed by atoms with Gasteiger partial charge in [-0.15, -0.1) is 0 Å². The summed E-state index contributed by atoms with van der Waals surface area (Å²) in [5, 5.41) is 0.628. The Morgan fingerprint density at radius 3 is 2.56 bits per heavy atom. The predicted octanol–water partition coefficient (Wildman–Crippen LogP) is 5.45. The highest BCUT2D eigenvalue weighted by Gasteiger charge is 2.47. The van der Waals surface area contributed by atoms with Crippen LogP contribution in [0.3, 0.4) is 0 Å². The molecule has 3 nitrogen and oxygen atoms in total. The normalized spacial score (nSPS) is 25.2. The number of methoxy groups -OCH3 is 1. The minimum atomic E-state index is -0.230. The zero-order valence-corrected chi connectivity index (χ0v) is 15.0. The Bertz CT molecular complexity index is 807. The Hall–Kier alpha value is -1.84. The Balaban J connectivity index is 1.56. The summed E-state index contributed by atoms with van der Waals surface area (Å²) >= 11 is 6.00. The molecular weight excluding hydrogens is 336 g/mol. The van der Waals surface area contributed by atoms with Gasteiger partial charge in [-0.25, -0.2) is 0 Å². The summed E-state index contributed by atoms with van der Waals surface area (Å²) in [6, 6.07) is 13.1. The second-order valence-corrected chi connectivity index (χ2v) is 7.54. The summed E-state index contributed by atoms with van der Waals surface area (Å²) in [6.07, 6.45) is 4.87. The topological polar surface area (TPSA) is 35.5 Å². The smallest absolute Gasteiger partial charge is 0.169 e. The van der Waals surface area contributed by atoms with Gasteiger partial charge in [-0.05, 0) is 68.0 Å². The molecule has 0 heterocycles. The van der Waals surface area contributed by atoms with E-state index in [1.165, 1.54) is 0 Å². The van der Waals surface area contributed by atoms with Crippen molar-refractivity contribution in [1.29, 1.82) is 0 Å². The summed E-state index contributed by atoms with van der Waals surface area (Å²) in [5.74, 6) is 1.62. The Morgan fingerprint density at radius 2 is 1.84 bits per heavy atom. The molecule has 0 saturated heterocycles. The van der Waals surface area contributed by atoms with Crippen molar-refractivity contribution < 1.29 is 14.3 Å². The highest BCUT2D eigenvalue weighted by molar-refractivity contribution is 6.30. The maximum Gasteiger partial charge on any atom is 0.169 e. The van der Waals surface area contributed by atoms with E-state index in [-0.39, 0.29) is 11.2 Å². The van der Waals surface area contributed by atoms with Crippen LogP contribution < -0.4 is 4.74 Å². The molecule has 2 aliphatic rings. The molecular formula is C21H21ClO3. The first-order valence-corrected chi connectivity index (χ1v) is 9.11. The number of carbonyl (C=O) groups excluding carboxylic acids is 1. The summed E-state index contributed by atoms with van der Waals surface area (Å²) < 4.78 is 11.3. The van der Waals surface area contributed by atoms with Crippen molar-refractivity contribution in [3.8, 4) is 11.5 Å². The van der Waals surface area contributed by atoms with E-state index in [2.05, 4.69) is 0 Å². The van der Waals surface area contributed by atoms with Gasteiger partial charge in [-0.1, -0.05) is 23.7 Å². The standard InChI is InChI=1S/C21H21ClO3/c1-24-16-7-9-21(10-8-16)13-14-5-6-18(12-19(14)20(21)23)25-17-4-2-3-15(22)11-17/h2-6,11-12,16H,7-10,13H2,1H3. The second kappa shape index (κ2) is 6.47. The SMILES string of the molecule is COC1CCC2(CC1)Cc1ccc(Oc3cccc(Cl)c3)cc1C2=O. The molecule has 2 aliphatic carbocycles. The number of fused-ring (bicyclic) bond motifs is 1. The molecule has 0 bridgehead atoms. The molecule has 0 unspecified atom stereocenters. The summed E-state index contributed by atoms with van der Waals surface area (Å²) in [6.45, 7) is 0. The predicted molar refractivity (Wildman–Crippen MR) is 97.7 cm³/mol. The van der Waals surface area contributed by atoms with E-state index in [0.29, 0.717) is 22.6 Å². The van der Waals surface area contributed by atoms with Gasteiger partial charge >= 0.3 is 0 Å². The lowest BCUT2D eigenvalue weighted by molar-refractivity contribution is 0.0285. The van der Waals surface area contributed by atoms with Gasteiger partial charge in [-0.3, -0.25) is 4.79 Å². The van der Waals surface area contributed by atoms with E-state index in [1.807, 2.05) is 30.3 Å². The van der Waals surface area contributed by atoms with E-state index in [4.69, 9.17) is 21.1 Å². The lowest BCUT2D eigenvalue weighted by Gasteiger charge is -2.35. The summed E-state index contributed by atoms with van der Waals surface area (Å²) in [4.78, 5) is 13.1. The second-order valence-electron chi connectivity index (χ2n) is 7.10. The van der Waals surface area contributed by atoms with Crippen LogP contribution in [0.2, 0.25) is 5.02 Å². The molecule has 130 valence electrons. The summed E-state index contributed by atoms with van der Waals surface area (Å²) in [7, 11) is 1.76. The van der Waals surface area contributed by atoms with Crippen LogP contribution in [0.15, 0.2) is 42.5 Å². The number of hydrogen-bond acceptors (Lipinski definition) is 3. The third kappa shape index (κ3) is 3.07. The van der Waals surface area contributed by atoms with Crippen molar-refractivity contribution in [1.82, 2.24) is 0 Å². The Labute approximate surface area is 152 Å². The van der Waals surface area contributed by atoms with E-state index in [0.717, 1.165) is 43.2 Å². The van der Waals surface area contributed by atoms with Crippen molar-refractivity contribution in [3.63, 3.8) is 0 Å². The molecule has 2 aromatic rings. The number of carbonyl (C=O) groups is 1. The highest BCUT2D eigenvalue weighted by Crippen LogP contribution is 2.48. The minimum Gasteiger partial charge on any atom is -0.457 e. The first-order valence-electron chi connectivity index (χ1n) is 8.74. The minimum absolute atomic E-state index is 0.230. The molecule has 0 radical (unpaired) electrons. The number of Topliss-reactive ketones (excluding diaryl/α,β-unsaturated/α-hetero) is 1. The van der Waals surface area contributed by atoms with Crippen LogP contribution in [0, 0.1) is 5.41 Å². The molecule has 1 spiro atoms. The van der Waals surface area contributed by atoms with Gasteiger partial charge in [0.05, 0.1) is 6.10 Å². The molecule has 0 aromatic heterocycles. The number of halogens is 1. The third-order valence-corrected chi connectivity index (χ3v) is 5.83. The van der Waals surface area contributed by atoms with E-state index >= 15 is 0 Å². The summed E-state index contributed by atoms with van der Waals surface area (Å²) in [5.41, 5.74) is 1.72. The van der Waals surface area contributed by atoms with Gasteiger partial charge in [0, 0.05) is 23.1 Å². The largest absolute Gasteiger partial charge is 0.457 e. The van der Waals surface area contributed by atoms with Crippen LogP contribution in [0.4, 0.5) is 0 Å². The van der Waals surface area contributed by atoms with Crippen LogP contribution in [-0.4, -0.2) is 19.0 Å². The molecule has 0 aliphatic heterocycles. The molecule has 25 heavy (non-hydrogen) atoms. The Morgan fingerprint density at radius 1 is 1.08 bits per heavy atom. The lowest BCUT2D eigenvalue weighted by atomic mass is 9.70. The van der Waals surface area contributed by atoms with E-state index < -0.39 is 0 Å². The fourth-order valence-electron chi connectivity index (χ4n) is 4.17. The fourth-order valence-corrected chi connectivity index (χ4v) is 4.35. The lowest BCUT2D eigenvalue weighted by Crippen LogP contribution is -2.35. The van der Waals surface area contributed by atoms with E-state index in [1.54, 1.807) is 19.2 Å².